The zero-order valence-electron chi connectivity index (χ0n) is 16.7. The van der Waals surface area contributed by atoms with Crippen molar-refractivity contribution in [2.75, 3.05) is 44.7 Å². The number of rotatable bonds is 6. The van der Waals surface area contributed by atoms with E-state index in [4.69, 9.17) is 0 Å². The quantitative estimate of drug-likeness (QED) is 0.607. The minimum absolute atomic E-state index is 0.231. The lowest BCUT2D eigenvalue weighted by atomic mass is 10.1. The van der Waals surface area contributed by atoms with E-state index in [9.17, 15) is 0 Å². The van der Waals surface area contributed by atoms with Crippen LogP contribution in [0.4, 0.5) is 5.69 Å². The number of nitrogens with one attached hydrogen (secondary N) is 2. The van der Waals surface area contributed by atoms with E-state index in [0.29, 0.717) is 6.04 Å². The van der Waals surface area contributed by atoms with Crippen LogP contribution in [0.15, 0.2) is 29.3 Å². The number of hydrogen-bond donors (Lipinski definition) is 2. The molecule has 0 radical (unpaired) electrons. The molecule has 3 rings (SSSR count). The van der Waals surface area contributed by atoms with Crippen LogP contribution in [0.2, 0.25) is 0 Å². The molecule has 2 N–H and O–H groups in total. The second-order valence-corrected chi connectivity index (χ2v) is 7.53. The number of likely N-dealkylation sites (N-methyl/N-ethyl adjacent to an activating group) is 1. The van der Waals surface area contributed by atoms with Gasteiger partial charge < -0.3 is 15.5 Å². The number of guanidine groups is 1. The highest BCUT2D eigenvalue weighted by Crippen LogP contribution is 2.24. The molecule has 2 unspecified atom stereocenters. The summed E-state index contributed by atoms with van der Waals surface area (Å²) in [5, 5.41) is 7.09. The number of aliphatic imine (C=N–C) groups is 1. The maximum absolute atomic E-state index is 4.43. The Morgan fingerprint density at radius 1 is 1.23 bits per heavy atom. The van der Waals surface area contributed by atoms with Crippen molar-refractivity contribution in [2.24, 2.45) is 4.99 Å². The Labute approximate surface area is 158 Å². The average Bonchev–Trinajstić information content (AvgIpc) is 3.36. The third-order valence-electron chi connectivity index (χ3n) is 5.83. The summed E-state index contributed by atoms with van der Waals surface area (Å²) < 4.78 is 0. The summed E-state index contributed by atoms with van der Waals surface area (Å²) in [6.07, 6.45) is 5.21. The first-order valence-corrected chi connectivity index (χ1v) is 10.3. The summed E-state index contributed by atoms with van der Waals surface area (Å²) in [6, 6.07) is 9.80. The molecule has 0 amide bonds. The third kappa shape index (κ3) is 4.70. The molecule has 2 aliphatic heterocycles. The standard InChI is InChI=1S/C21H35N5/c1-4-25-14-8-11-20(25)16-23-21(22-3)24-17(2)18-9-7-10-19(15-18)26-12-5-6-13-26/h7,9-10,15,17,20H,4-6,8,11-14,16H2,1-3H3,(H2,22,23,24). The summed E-state index contributed by atoms with van der Waals surface area (Å²) in [5.41, 5.74) is 2.66. The van der Waals surface area contributed by atoms with Crippen molar-refractivity contribution < 1.29 is 0 Å². The molecule has 0 bridgehead atoms. The number of hydrogen-bond acceptors (Lipinski definition) is 3. The fourth-order valence-electron chi connectivity index (χ4n) is 4.21. The van der Waals surface area contributed by atoms with E-state index in [-0.39, 0.29) is 6.04 Å². The van der Waals surface area contributed by atoms with Gasteiger partial charge in [0.25, 0.3) is 0 Å². The molecular weight excluding hydrogens is 322 g/mol. The van der Waals surface area contributed by atoms with Gasteiger partial charge in [0.05, 0.1) is 6.04 Å². The lowest BCUT2D eigenvalue weighted by molar-refractivity contribution is 0.267. The zero-order valence-corrected chi connectivity index (χ0v) is 16.7. The minimum Gasteiger partial charge on any atom is -0.372 e. The Kier molecular flexibility index (Phi) is 6.78. The lowest BCUT2D eigenvalue weighted by Gasteiger charge is -2.25. The minimum atomic E-state index is 0.231. The van der Waals surface area contributed by atoms with Crippen LogP contribution in [0.3, 0.4) is 0 Å². The number of anilines is 1. The molecule has 26 heavy (non-hydrogen) atoms. The number of nitrogens with zero attached hydrogens (tertiary/aromatic N) is 3. The van der Waals surface area contributed by atoms with Crippen molar-refractivity contribution >= 4 is 11.6 Å². The Morgan fingerprint density at radius 3 is 2.77 bits per heavy atom. The molecule has 2 atom stereocenters. The Balaban J connectivity index is 1.55. The van der Waals surface area contributed by atoms with Gasteiger partial charge in [-0.25, -0.2) is 0 Å². The molecule has 5 nitrogen and oxygen atoms in total. The lowest BCUT2D eigenvalue weighted by Crippen LogP contribution is -2.45. The maximum Gasteiger partial charge on any atom is 0.191 e. The molecular formula is C21H35N5. The maximum atomic E-state index is 4.43. The predicted octanol–water partition coefficient (Wildman–Crippen LogP) is 3.00. The summed E-state index contributed by atoms with van der Waals surface area (Å²) in [6.45, 7) is 10.2. The van der Waals surface area contributed by atoms with Crippen molar-refractivity contribution in [3.63, 3.8) is 0 Å². The predicted molar refractivity (Wildman–Crippen MR) is 111 cm³/mol. The van der Waals surface area contributed by atoms with Crippen molar-refractivity contribution in [1.82, 2.24) is 15.5 Å². The van der Waals surface area contributed by atoms with Crippen LogP contribution in [0, 0.1) is 0 Å². The van der Waals surface area contributed by atoms with E-state index in [1.165, 1.54) is 56.6 Å². The van der Waals surface area contributed by atoms with Crippen LogP contribution in [0.25, 0.3) is 0 Å². The molecule has 1 aromatic carbocycles. The first kappa shape index (κ1) is 19.0. The normalized spacial score (nSPS) is 22.7. The summed E-state index contributed by atoms with van der Waals surface area (Å²) in [5.74, 6) is 0.895. The molecule has 0 spiro atoms. The first-order chi connectivity index (χ1) is 12.7. The van der Waals surface area contributed by atoms with Crippen LogP contribution in [0.5, 0.6) is 0 Å². The van der Waals surface area contributed by atoms with Crippen LogP contribution in [0.1, 0.15) is 51.1 Å². The topological polar surface area (TPSA) is 42.9 Å². The molecule has 2 aliphatic rings. The molecule has 0 aliphatic carbocycles. The molecule has 2 heterocycles. The molecule has 144 valence electrons. The smallest absolute Gasteiger partial charge is 0.191 e. The second-order valence-electron chi connectivity index (χ2n) is 7.53. The molecule has 5 heteroatoms. The van der Waals surface area contributed by atoms with E-state index in [1.54, 1.807) is 0 Å². The van der Waals surface area contributed by atoms with Gasteiger partial charge in [0.2, 0.25) is 0 Å². The van der Waals surface area contributed by atoms with Gasteiger partial charge in [0, 0.05) is 38.4 Å². The highest BCUT2D eigenvalue weighted by molar-refractivity contribution is 5.80. The van der Waals surface area contributed by atoms with Crippen LogP contribution in [-0.2, 0) is 0 Å². The first-order valence-electron chi connectivity index (χ1n) is 10.3. The van der Waals surface area contributed by atoms with Crippen LogP contribution >= 0.6 is 0 Å². The summed E-state index contributed by atoms with van der Waals surface area (Å²) in [7, 11) is 1.86. The fraction of sp³-hybridized carbons (Fsp3) is 0.667. The van der Waals surface area contributed by atoms with Crippen molar-refractivity contribution in [2.45, 2.75) is 51.6 Å². The van der Waals surface area contributed by atoms with Crippen molar-refractivity contribution in [3.05, 3.63) is 29.8 Å². The van der Waals surface area contributed by atoms with Gasteiger partial charge in [-0.2, -0.15) is 0 Å². The fourth-order valence-corrected chi connectivity index (χ4v) is 4.21. The Morgan fingerprint density at radius 2 is 2.04 bits per heavy atom. The van der Waals surface area contributed by atoms with E-state index >= 15 is 0 Å². The molecule has 0 saturated carbocycles. The average molecular weight is 358 g/mol. The van der Waals surface area contributed by atoms with Gasteiger partial charge >= 0.3 is 0 Å². The van der Waals surface area contributed by atoms with Gasteiger partial charge in [0.1, 0.15) is 0 Å². The van der Waals surface area contributed by atoms with E-state index in [0.717, 1.165) is 19.0 Å². The number of benzene rings is 1. The largest absolute Gasteiger partial charge is 0.372 e. The highest BCUT2D eigenvalue weighted by Gasteiger charge is 2.23. The second kappa shape index (κ2) is 9.26. The van der Waals surface area contributed by atoms with Gasteiger partial charge in [-0.3, -0.25) is 9.89 Å². The van der Waals surface area contributed by atoms with Crippen LogP contribution < -0.4 is 15.5 Å². The molecule has 2 fully saturated rings. The molecule has 1 aromatic rings. The third-order valence-corrected chi connectivity index (χ3v) is 5.83. The monoisotopic (exact) mass is 357 g/mol. The van der Waals surface area contributed by atoms with Gasteiger partial charge in [-0.1, -0.05) is 19.1 Å². The van der Waals surface area contributed by atoms with E-state index in [2.05, 4.69) is 63.5 Å². The van der Waals surface area contributed by atoms with Gasteiger partial charge in [-0.15, -0.1) is 0 Å². The molecule has 2 saturated heterocycles. The Bertz CT molecular complexity index is 594. The zero-order chi connectivity index (χ0) is 18.4. The SMILES string of the molecule is CCN1CCCC1CNC(=NC)NC(C)c1cccc(N2CCCC2)c1. The van der Waals surface area contributed by atoms with Crippen LogP contribution in [-0.4, -0.2) is 56.7 Å². The summed E-state index contributed by atoms with van der Waals surface area (Å²) in [4.78, 5) is 9.48. The molecule has 0 aromatic heterocycles. The van der Waals surface area contributed by atoms with Crippen molar-refractivity contribution in [1.29, 1.82) is 0 Å². The summed E-state index contributed by atoms with van der Waals surface area (Å²) >= 11 is 0. The Hall–Kier alpha value is -1.75. The number of likely N-dealkylation sites (tertiary alicyclic amines) is 1. The van der Waals surface area contributed by atoms with Gasteiger partial charge in [0.15, 0.2) is 5.96 Å². The van der Waals surface area contributed by atoms with Gasteiger partial charge in [-0.05, 0) is 63.4 Å². The van der Waals surface area contributed by atoms with E-state index < -0.39 is 0 Å². The van der Waals surface area contributed by atoms with E-state index in [1.807, 2.05) is 7.05 Å². The highest BCUT2D eigenvalue weighted by atomic mass is 15.2. The van der Waals surface area contributed by atoms with Crippen molar-refractivity contribution in [3.8, 4) is 0 Å².